The third-order valence-electron chi connectivity index (χ3n) is 4.06. The number of imidazole rings is 1. The van der Waals surface area contributed by atoms with Crippen molar-refractivity contribution in [2.75, 3.05) is 13.9 Å². The summed E-state index contributed by atoms with van der Waals surface area (Å²) in [6.07, 6.45) is 7.06. The summed E-state index contributed by atoms with van der Waals surface area (Å²) in [5.41, 5.74) is 0.893. The first-order valence-corrected chi connectivity index (χ1v) is 8.30. The smallest absolute Gasteiger partial charge is 0.231 e. The van der Waals surface area contributed by atoms with E-state index in [9.17, 15) is 0 Å². The third-order valence-corrected chi connectivity index (χ3v) is 4.06. The van der Waals surface area contributed by atoms with E-state index in [2.05, 4.69) is 9.97 Å². The van der Waals surface area contributed by atoms with E-state index in [-0.39, 0.29) is 12.9 Å². The van der Waals surface area contributed by atoms with Crippen LogP contribution in [0.5, 0.6) is 23.0 Å². The van der Waals surface area contributed by atoms with Crippen molar-refractivity contribution in [3.05, 3.63) is 49.1 Å². The summed E-state index contributed by atoms with van der Waals surface area (Å²) in [4.78, 5) is 8.56. The van der Waals surface area contributed by atoms with Crippen LogP contribution in [-0.4, -0.2) is 34.5 Å². The van der Waals surface area contributed by atoms with Gasteiger partial charge >= 0.3 is 0 Å². The highest BCUT2D eigenvalue weighted by Gasteiger charge is 2.22. The lowest BCUT2D eigenvalue weighted by molar-refractivity contribution is 0.171. The van der Waals surface area contributed by atoms with E-state index < -0.39 is 0 Å². The zero-order valence-electron chi connectivity index (χ0n) is 14.6. The standard InChI is InChI=1S/C19H19N3O4/c1-13(26-15-4-3-5-20-10-15)11-22-7-6-21-19(22)14-8-16(23-2)18-17(9-14)24-12-25-18/h3-10,13H,11-12H2,1-2H3/t13-/m1/s1. The van der Waals surface area contributed by atoms with Crippen LogP contribution in [0.15, 0.2) is 49.1 Å². The highest BCUT2D eigenvalue weighted by atomic mass is 16.7. The Labute approximate surface area is 151 Å². The van der Waals surface area contributed by atoms with Crippen LogP contribution in [0.3, 0.4) is 0 Å². The van der Waals surface area contributed by atoms with E-state index in [1.165, 1.54) is 0 Å². The molecular formula is C19H19N3O4. The van der Waals surface area contributed by atoms with Gasteiger partial charge in [-0.1, -0.05) is 0 Å². The van der Waals surface area contributed by atoms with Gasteiger partial charge in [0.05, 0.1) is 19.9 Å². The maximum atomic E-state index is 5.92. The van der Waals surface area contributed by atoms with Gasteiger partial charge in [-0.25, -0.2) is 4.98 Å². The molecule has 1 atom stereocenters. The molecule has 7 heteroatoms. The molecule has 1 aromatic carbocycles. The molecule has 4 rings (SSSR count). The molecule has 0 aliphatic carbocycles. The Kier molecular flexibility index (Phi) is 4.35. The zero-order chi connectivity index (χ0) is 17.9. The van der Waals surface area contributed by atoms with Crippen LogP contribution in [0, 0.1) is 0 Å². The van der Waals surface area contributed by atoms with Crippen molar-refractivity contribution in [1.82, 2.24) is 14.5 Å². The van der Waals surface area contributed by atoms with E-state index in [4.69, 9.17) is 18.9 Å². The van der Waals surface area contributed by atoms with Crippen LogP contribution in [0.4, 0.5) is 0 Å². The first kappa shape index (κ1) is 16.3. The number of hydrogen-bond donors (Lipinski definition) is 0. The molecule has 0 bridgehead atoms. The summed E-state index contributed by atoms with van der Waals surface area (Å²) < 4.78 is 24.3. The van der Waals surface area contributed by atoms with Crippen molar-refractivity contribution in [2.45, 2.75) is 19.6 Å². The second-order valence-electron chi connectivity index (χ2n) is 5.93. The van der Waals surface area contributed by atoms with Gasteiger partial charge in [-0.15, -0.1) is 0 Å². The van der Waals surface area contributed by atoms with E-state index in [0.717, 1.165) is 17.1 Å². The molecule has 0 radical (unpaired) electrons. The Morgan fingerprint density at radius 2 is 2.19 bits per heavy atom. The lowest BCUT2D eigenvalue weighted by atomic mass is 10.1. The van der Waals surface area contributed by atoms with E-state index in [1.54, 1.807) is 25.7 Å². The second kappa shape index (κ2) is 6.95. The van der Waals surface area contributed by atoms with Gasteiger partial charge in [0.2, 0.25) is 12.5 Å². The van der Waals surface area contributed by atoms with Crippen molar-refractivity contribution in [3.63, 3.8) is 0 Å². The number of hydrogen-bond acceptors (Lipinski definition) is 6. The van der Waals surface area contributed by atoms with Gasteiger partial charge in [-0.05, 0) is 31.2 Å². The molecule has 26 heavy (non-hydrogen) atoms. The first-order valence-electron chi connectivity index (χ1n) is 8.30. The van der Waals surface area contributed by atoms with Gasteiger partial charge in [0.25, 0.3) is 0 Å². The Morgan fingerprint density at radius 3 is 3.00 bits per heavy atom. The third kappa shape index (κ3) is 3.15. The predicted molar refractivity (Wildman–Crippen MR) is 94.7 cm³/mol. The summed E-state index contributed by atoms with van der Waals surface area (Å²) in [5.74, 6) is 3.47. The average Bonchev–Trinajstić information content (AvgIpc) is 3.30. The highest BCUT2D eigenvalue weighted by Crippen LogP contribution is 2.43. The minimum absolute atomic E-state index is 0.0527. The lowest BCUT2D eigenvalue weighted by Crippen LogP contribution is -2.19. The number of ether oxygens (including phenoxy) is 4. The topological polar surface area (TPSA) is 67.6 Å². The first-order chi connectivity index (χ1) is 12.7. The molecule has 134 valence electrons. The van der Waals surface area contributed by atoms with Gasteiger partial charge in [-0.3, -0.25) is 4.98 Å². The van der Waals surface area contributed by atoms with Gasteiger partial charge < -0.3 is 23.5 Å². The number of fused-ring (bicyclic) bond motifs is 1. The summed E-state index contributed by atoms with van der Waals surface area (Å²) in [5, 5.41) is 0. The fraction of sp³-hybridized carbons (Fsp3) is 0.263. The van der Waals surface area contributed by atoms with Crippen molar-refractivity contribution in [2.24, 2.45) is 0 Å². The normalized spacial score (nSPS) is 13.5. The monoisotopic (exact) mass is 353 g/mol. The summed E-state index contributed by atoms with van der Waals surface area (Å²) in [6.45, 7) is 2.84. The fourth-order valence-corrected chi connectivity index (χ4v) is 2.94. The number of pyridine rings is 1. The number of benzene rings is 1. The molecule has 2 aromatic heterocycles. The molecule has 0 fully saturated rings. The Hall–Kier alpha value is -3.22. The summed E-state index contributed by atoms with van der Waals surface area (Å²) >= 11 is 0. The molecule has 0 N–H and O–H groups in total. The number of aromatic nitrogens is 3. The van der Waals surface area contributed by atoms with Crippen LogP contribution in [0.25, 0.3) is 11.4 Å². The predicted octanol–water partition coefficient (Wildman–Crippen LogP) is 3.15. The molecule has 0 saturated carbocycles. The van der Waals surface area contributed by atoms with Gasteiger partial charge in [0.15, 0.2) is 11.5 Å². The van der Waals surface area contributed by atoms with E-state index in [0.29, 0.717) is 23.8 Å². The molecule has 7 nitrogen and oxygen atoms in total. The Morgan fingerprint density at radius 1 is 1.27 bits per heavy atom. The molecule has 3 heterocycles. The molecule has 0 saturated heterocycles. The molecular weight excluding hydrogens is 334 g/mol. The maximum Gasteiger partial charge on any atom is 0.231 e. The largest absolute Gasteiger partial charge is 0.493 e. The van der Waals surface area contributed by atoms with Crippen molar-refractivity contribution in [3.8, 4) is 34.4 Å². The highest BCUT2D eigenvalue weighted by molar-refractivity contribution is 5.67. The van der Waals surface area contributed by atoms with Crippen LogP contribution >= 0.6 is 0 Å². The number of nitrogens with zero attached hydrogens (tertiary/aromatic N) is 3. The van der Waals surface area contributed by atoms with E-state index >= 15 is 0 Å². The van der Waals surface area contributed by atoms with Gasteiger partial charge in [-0.2, -0.15) is 0 Å². The molecule has 3 aromatic rings. The molecule has 0 unspecified atom stereocenters. The number of rotatable bonds is 6. The molecule has 1 aliphatic heterocycles. The molecule has 0 amide bonds. The molecule has 1 aliphatic rings. The van der Waals surface area contributed by atoms with Crippen molar-refractivity contribution < 1.29 is 18.9 Å². The Balaban J connectivity index is 1.57. The lowest BCUT2D eigenvalue weighted by Gasteiger charge is -2.17. The van der Waals surface area contributed by atoms with Crippen LogP contribution in [-0.2, 0) is 6.54 Å². The maximum absolute atomic E-state index is 5.92. The van der Waals surface area contributed by atoms with Gasteiger partial charge in [0.1, 0.15) is 17.7 Å². The van der Waals surface area contributed by atoms with E-state index in [1.807, 2.05) is 42.0 Å². The minimum atomic E-state index is -0.0527. The molecule has 0 spiro atoms. The average molecular weight is 353 g/mol. The van der Waals surface area contributed by atoms with Gasteiger partial charge in [0, 0.05) is 24.2 Å². The van der Waals surface area contributed by atoms with Crippen LogP contribution in [0.1, 0.15) is 6.92 Å². The SMILES string of the molecule is COc1cc(-c2nccn2C[C@@H](C)Oc2cccnc2)cc2c1OCO2. The fourth-order valence-electron chi connectivity index (χ4n) is 2.94. The minimum Gasteiger partial charge on any atom is -0.493 e. The summed E-state index contributed by atoms with van der Waals surface area (Å²) in [6, 6.07) is 7.56. The quantitative estimate of drug-likeness (QED) is 0.678. The van der Waals surface area contributed by atoms with Crippen molar-refractivity contribution in [1.29, 1.82) is 0 Å². The number of methoxy groups -OCH3 is 1. The zero-order valence-corrected chi connectivity index (χ0v) is 14.6. The van der Waals surface area contributed by atoms with Crippen molar-refractivity contribution >= 4 is 0 Å². The Bertz CT molecular complexity index is 895. The van der Waals surface area contributed by atoms with Crippen LogP contribution in [0.2, 0.25) is 0 Å². The second-order valence-corrected chi connectivity index (χ2v) is 5.93. The van der Waals surface area contributed by atoms with Crippen LogP contribution < -0.4 is 18.9 Å². The summed E-state index contributed by atoms with van der Waals surface area (Å²) in [7, 11) is 1.61.